The lowest BCUT2D eigenvalue weighted by Gasteiger charge is -2.31. The molecule has 0 aromatic carbocycles. The standard InChI is InChI=1S/C20H35N5O2/c1-14-6-4-5-7-17(14)23-20(22-12-19(27)24(2)3)21-11-15-10-18(26)25(13-15)16-8-9-16/h14-17H,4-13H2,1-3H3,(H2,21,22,23). The van der Waals surface area contributed by atoms with Gasteiger partial charge in [-0.25, -0.2) is 4.99 Å². The lowest BCUT2D eigenvalue weighted by atomic mass is 9.86. The van der Waals surface area contributed by atoms with E-state index in [-0.39, 0.29) is 12.5 Å². The van der Waals surface area contributed by atoms with Crippen molar-refractivity contribution in [3.8, 4) is 0 Å². The van der Waals surface area contributed by atoms with E-state index in [4.69, 9.17) is 0 Å². The number of amides is 2. The molecule has 3 unspecified atom stereocenters. The maximum absolute atomic E-state index is 12.2. The summed E-state index contributed by atoms with van der Waals surface area (Å²) in [5.41, 5.74) is 0. The maximum Gasteiger partial charge on any atom is 0.243 e. The van der Waals surface area contributed by atoms with Gasteiger partial charge in [-0.1, -0.05) is 19.8 Å². The van der Waals surface area contributed by atoms with Crippen LogP contribution in [0.3, 0.4) is 0 Å². The van der Waals surface area contributed by atoms with Crippen LogP contribution in [0.1, 0.15) is 51.9 Å². The quantitative estimate of drug-likeness (QED) is 0.539. The smallest absolute Gasteiger partial charge is 0.243 e. The van der Waals surface area contributed by atoms with Crippen LogP contribution in [0.5, 0.6) is 0 Å². The van der Waals surface area contributed by atoms with Gasteiger partial charge >= 0.3 is 0 Å². The van der Waals surface area contributed by atoms with Crippen LogP contribution in [0.25, 0.3) is 0 Å². The van der Waals surface area contributed by atoms with Gasteiger partial charge in [-0.3, -0.25) is 9.59 Å². The molecule has 27 heavy (non-hydrogen) atoms. The van der Waals surface area contributed by atoms with Crippen molar-refractivity contribution in [2.75, 3.05) is 33.7 Å². The van der Waals surface area contributed by atoms with Crippen LogP contribution in [0.2, 0.25) is 0 Å². The molecule has 152 valence electrons. The number of aliphatic imine (C=N–C) groups is 1. The van der Waals surface area contributed by atoms with E-state index in [2.05, 4.69) is 27.4 Å². The highest BCUT2D eigenvalue weighted by Crippen LogP contribution is 2.32. The van der Waals surface area contributed by atoms with Gasteiger partial charge in [-0.15, -0.1) is 0 Å². The number of likely N-dealkylation sites (N-methyl/N-ethyl adjacent to an activating group) is 1. The van der Waals surface area contributed by atoms with E-state index in [0.29, 0.717) is 42.2 Å². The Morgan fingerprint density at radius 3 is 2.63 bits per heavy atom. The zero-order chi connectivity index (χ0) is 19.4. The lowest BCUT2D eigenvalue weighted by Crippen LogP contribution is -2.48. The Hall–Kier alpha value is -1.79. The minimum Gasteiger partial charge on any atom is -0.356 e. The summed E-state index contributed by atoms with van der Waals surface area (Å²) in [6, 6.07) is 0.891. The van der Waals surface area contributed by atoms with Gasteiger partial charge in [-0.05, 0) is 31.6 Å². The van der Waals surface area contributed by atoms with Crippen molar-refractivity contribution in [1.29, 1.82) is 0 Å². The highest BCUT2D eigenvalue weighted by molar-refractivity contribution is 5.85. The molecule has 3 fully saturated rings. The van der Waals surface area contributed by atoms with Gasteiger partial charge in [0.05, 0.1) is 0 Å². The second-order valence-corrected chi connectivity index (χ2v) is 8.69. The van der Waals surface area contributed by atoms with Crippen LogP contribution in [0.15, 0.2) is 4.99 Å². The molecule has 2 saturated carbocycles. The Balaban J connectivity index is 1.56. The zero-order valence-electron chi connectivity index (χ0n) is 17.0. The summed E-state index contributed by atoms with van der Waals surface area (Å²) >= 11 is 0. The summed E-state index contributed by atoms with van der Waals surface area (Å²) in [6.45, 7) is 3.99. The third-order valence-corrected chi connectivity index (χ3v) is 6.09. The number of hydrogen-bond acceptors (Lipinski definition) is 3. The van der Waals surface area contributed by atoms with Crippen molar-refractivity contribution in [3.05, 3.63) is 0 Å². The average Bonchev–Trinajstić information content (AvgIpc) is 3.41. The third kappa shape index (κ3) is 5.59. The van der Waals surface area contributed by atoms with Crippen LogP contribution in [-0.4, -0.2) is 73.4 Å². The molecule has 0 radical (unpaired) electrons. The van der Waals surface area contributed by atoms with Gasteiger partial charge < -0.3 is 20.4 Å². The fourth-order valence-corrected chi connectivity index (χ4v) is 4.07. The highest BCUT2D eigenvalue weighted by Gasteiger charge is 2.39. The summed E-state index contributed by atoms with van der Waals surface area (Å²) in [4.78, 5) is 32.2. The summed E-state index contributed by atoms with van der Waals surface area (Å²) < 4.78 is 0. The normalized spacial score (nSPS) is 29.0. The molecule has 2 aliphatic carbocycles. The minimum absolute atomic E-state index is 0.0104. The number of hydrogen-bond donors (Lipinski definition) is 2. The zero-order valence-corrected chi connectivity index (χ0v) is 17.0. The summed E-state index contributed by atoms with van der Waals surface area (Å²) in [5, 5.41) is 6.96. The number of rotatable bonds is 6. The van der Waals surface area contributed by atoms with Crippen LogP contribution in [0.4, 0.5) is 0 Å². The fourth-order valence-electron chi connectivity index (χ4n) is 4.07. The summed E-state index contributed by atoms with van der Waals surface area (Å²) in [6.07, 6.45) is 7.83. The number of nitrogens with one attached hydrogen (secondary N) is 2. The molecule has 1 aliphatic heterocycles. The molecule has 1 heterocycles. The first-order valence-corrected chi connectivity index (χ1v) is 10.5. The second-order valence-electron chi connectivity index (χ2n) is 8.69. The summed E-state index contributed by atoms with van der Waals surface area (Å²) in [5.74, 6) is 1.91. The van der Waals surface area contributed by atoms with E-state index in [9.17, 15) is 9.59 Å². The molecule has 0 spiro atoms. The Morgan fingerprint density at radius 1 is 1.22 bits per heavy atom. The predicted octanol–water partition coefficient (Wildman–Crippen LogP) is 1.20. The Bertz CT molecular complexity index is 573. The van der Waals surface area contributed by atoms with Crippen LogP contribution >= 0.6 is 0 Å². The number of guanidine groups is 1. The first kappa shape index (κ1) is 20.0. The number of likely N-dealkylation sites (tertiary alicyclic amines) is 1. The number of nitrogens with zero attached hydrogens (tertiary/aromatic N) is 3. The monoisotopic (exact) mass is 377 g/mol. The molecule has 1 saturated heterocycles. The van der Waals surface area contributed by atoms with Crippen molar-refractivity contribution in [3.63, 3.8) is 0 Å². The third-order valence-electron chi connectivity index (χ3n) is 6.09. The molecule has 0 bridgehead atoms. The average molecular weight is 378 g/mol. The molecule has 3 rings (SSSR count). The number of carbonyl (C=O) groups excluding carboxylic acids is 2. The molecule has 7 nitrogen and oxygen atoms in total. The lowest BCUT2D eigenvalue weighted by molar-refractivity contribution is -0.128. The predicted molar refractivity (Wildman–Crippen MR) is 106 cm³/mol. The SMILES string of the molecule is CC1CCCCC1NC(=NCC(=O)N(C)C)NCC1CC(=O)N(C2CC2)C1. The molecule has 3 aliphatic rings. The van der Waals surface area contributed by atoms with E-state index >= 15 is 0 Å². The van der Waals surface area contributed by atoms with E-state index < -0.39 is 0 Å². The Morgan fingerprint density at radius 2 is 1.96 bits per heavy atom. The first-order valence-electron chi connectivity index (χ1n) is 10.5. The van der Waals surface area contributed by atoms with Crippen LogP contribution in [0, 0.1) is 11.8 Å². The van der Waals surface area contributed by atoms with Crippen molar-refractivity contribution in [2.24, 2.45) is 16.8 Å². The van der Waals surface area contributed by atoms with Crippen LogP contribution < -0.4 is 10.6 Å². The van der Waals surface area contributed by atoms with Gasteiger partial charge in [-0.2, -0.15) is 0 Å². The Labute approximate surface area is 162 Å². The second kappa shape index (κ2) is 8.93. The van der Waals surface area contributed by atoms with E-state index in [1.165, 1.54) is 19.3 Å². The van der Waals surface area contributed by atoms with Gasteiger partial charge in [0.25, 0.3) is 0 Å². The molecular formula is C20H35N5O2. The van der Waals surface area contributed by atoms with Crippen molar-refractivity contribution >= 4 is 17.8 Å². The van der Waals surface area contributed by atoms with E-state index in [0.717, 1.165) is 32.4 Å². The molecular weight excluding hydrogens is 342 g/mol. The number of carbonyl (C=O) groups is 2. The fraction of sp³-hybridized carbons (Fsp3) is 0.850. The molecule has 2 N–H and O–H groups in total. The van der Waals surface area contributed by atoms with Gasteiger partial charge in [0.1, 0.15) is 6.54 Å². The molecule has 0 aromatic heterocycles. The molecule has 0 aromatic rings. The van der Waals surface area contributed by atoms with Crippen molar-refractivity contribution in [1.82, 2.24) is 20.4 Å². The van der Waals surface area contributed by atoms with Gasteiger partial charge in [0.15, 0.2) is 5.96 Å². The van der Waals surface area contributed by atoms with Crippen molar-refractivity contribution in [2.45, 2.75) is 64.0 Å². The Kier molecular flexibility index (Phi) is 6.60. The van der Waals surface area contributed by atoms with E-state index in [1.54, 1.807) is 19.0 Å². The minimum atomic E-state index is -0.0104. The molecule has 7 heteroatoms. The van der Waals surface area contributed by atoms with Gasteiger partial charge in [0, 0.05) is 51.6 Å². The molecule has 3 atom stereocenters. The van der Waals surface area contributed by atoms with Gasteiger partial charge in [0.2, 0.25) is 11.8 Å². The summed E-state index contributed by atoms with van der Waals surface area (Å²) in [7, 11) is 3.50. The highest BCUT2D eigenvalue weighted by atomic mass is 16.2. The van der Waals surface area contributed by atoms with Crippen molar-refractivity contribution < 1.29 is 9.59 Å². The maximum atomic E-state index is 12.2. The first-order chi connectivity index (χ1) is 12.9. The largest absolute Gasteiger partial charge is 0.356 e. The van der Waals surface area contributed by atoms with Crippen LogP contribution in [-0.2, 0) is 9.59 Å². The van der Waals surface area contributed by atoms with E-state index in [1.807, 2.05) is 0 Å². The topological polar surface area (TPSA) is 77.0 Å². The molecule has 2 amide bonds.